The van der Waals surface area contributed by atoms with E-state index < -0.39 is 5.41 Å². The zero-order valence-electron chi connectivity index (χ0n) is 14.2. The van der Waals surface area contributed by atoms with Gasteiger partial charge in [0.05, 0.1) is 11.5 Å². The summed E-state index contributed by atoms with van der Waals surface area (Å²) in [5, 5.41) is 0. The molecule has 2 aliphatic rings. The highest BCUT2D eigenvalue weighted by Gasteiger charge is 2.48. The maximum atomic E-state index is 12.7. The second-order valence-electron chi connectivity index (χ2n) is 6.77. The number of carbonyl (C=O) groups excluding carboxylic acids is 2. The summed E-state index contributed by atoms with van der Waals surface area (Å²) < 4.78 is 5.50. The van der Waals surface area contributed by atoms with Crippen LogP contribution in [0.4, 0.5) is 5.82 Å². The Morgan fingerprint density at radius 3 is 2.71 bits per heavy atom. The van der Waals surface area contributed by atoms with Crippen molar-refractivity contribution in [3.8, 4) is 0 Å². The lowest BCUT2D eigenvalue weighted by Gasteiger charge is -2.47. The molecular formula is C17H24N4O3. The monoisotopic (exact) mass is 332 g/mol. The molecule has 2 aliphatic heterocycles. The van der Waals surface area contributed by atoms with Crippen molar-refractivity contribution < 1.29 is 14.3 Å². The fraction of sp³-hybridized carbons (Fsp3) is 0.588. The number of likely N-dealkylation sites (tertiary alicyclic amines) is 2. The number of hydrogen-bond donors (Lipinski definition) is 1. The van der Waals surface area contributed by atoms with E-state index in [1.807, 2.05) is 7.05 Å². The van der Waals surface area contributed by atoms with Crippen LogP contribution in [0.5, 0.6) is 0 Å². The number of aromatic nitrogens is 1. The topological polar surface area (TPSA) is 88.8 Å². The Morgan fingerprint density at radius 1 is 1.38 bits per heavy atom. The first-order valence-electron chi connectivity index (χ1n) is 8.25. The summed E-state index contributed by atoms with van der Waals surface area (Å²) in [4.78, 5) is 32.9. The number of rotatable bonds is 2. The SMILES string of the molecule is COC1CN(C)C(=O)C2(CCN(C(=O)c3cccc(N)n3)CC2)C1. The van der Waals surface area contributed by atoms with Crippen LogP contribution in [0.25, 0.3) is 0 Å². The van der Waals surface area contributed by atoms with E-state index in [4.69, 9.17) is 10.5 Å². The third-order valence-corrected chi connectivity index (χ3v) is 5.23. The molecule has 2 amide bonds. The van der Waals surface area contributed by atoms with E-state index in [0.717, 1.165) is 6.42 Å². The number of amides is 2. The quantitative estimate of drug-likeness (QED) is 0.864. The van der Waals surface area contributed by atoms with Gasteiger partial charge in [0.1, 0.15) is 11.5 Å². The van der Waals surface area contributed by atoms with Crippen molar-refractivity contribution in [1.29, 1.82) is 0 Å². The van der Waals surface area contributed by atoms with Gasteiger partial charge < -0.3 is 20.3 Å². The van der Waals surface area contributed by atoms with Crippen LogP contribution in [0, 0.1) is 5.41 Å². The van der Waals surface area contributed by atoms with Gasteiger partial charge >= 0.3 is 0 Å². The molecule has 3 rings (SSSR count). The molecule has 1 aromatic heterocycles. The highest BCUT2D eigenvalue weighted by atomic mass is 16.5. The van der Waals surface area contributed by atoms with Crippen molar-refractivity contribution in [2.24, 2.45) is 5.41 Å². The smallest absolute Gasteiger partial charge is 0.272 e. The van der Waals surface area contributed by atoms with Gasteiger partial charge in [0.2, 0.25) is 5.91 Å². The van der Waals surface area contributed by atoms with Gasteiger partial charge in [0.25, 0.3) is 5.91 Å². The number of nitrogen functional groups attached to an aromatic ring is 1. The van der Waals surface area contributed by atoms with E-state index >= 15 is 0 Å². The second kappa shape index (κ2) is 6.39. The Kier molecular flexibility index (Phi) is 4.45. The number of nitrogens with two attached hydrogens (primary N) is 1. The summed E-state index contributed by atoms with van der Waals surface area (Å²) >= 11 is 0. The highest BCUT2D eigenvalue weighted by molar-refractivity contribution is 5.93. The van der Waals surface area contributed by atoms with Crippen LogP contribution in [-0.4, -0.2) is 66.5 Å². The third kappa shape index (κ3) is 2.96. The molecule has 24 heavy (non-hydrogen) atoms. The van der Waals surface area contributed by atoms with Gasteiger partial charge in [0, 0.05) is 33.8 Å². The van der Waals surface area contributed by atoms with Crippen LogP contribution in [0.3, 0.4) is 0 Å². The summed E-state index contributed by atoms with van der Waals surface area (Å²) in [5.41, 5.74) is 5.60. The molecule has 0 aromatic carbocycles. The molecule has 0 radical (unpaired) electrons. The number of ether oxygens (including phenoxy) is 1. The first-order valence-corrected chi connectivity index (χ1v) is 8.25. The molecule has 7 heteroatoms. The van der Waals surface area contributed by atoms with Gasteiger partial charge in [-0.05, 0) is 31.4 Å². The van der Waals surface area contributed by atoms with Crippen LogP contribution < -0.4 is 5.73 Å². The zero-order valence-corrected chi connectivity index (χ0v) is 14.2. The van der Waals surface area contributed by atoms with Crippen molar-refractivity contribution in [2.45, 2.75) is 25.4 Å². The Labute approximate surface area is 141 Å². The van der Waals surface area contributed by atoms with Crippen molar-refractivity contribution >= 4 is 17.6 Å². The van der Waals surface area contributed by atoms with Crippen LogP contribution in [0.15, 0.2) is 18.2 Å². The van der Waals surface area contributed by atoms with Gasteiger partial charge in [-0.2, -0.15) is 0 Å². The molecular weight excluding hydrogens is 308 g/mol. The molecule has 2 fully saturated rings. The fourth-order valence-electron chi connectivity index (χ4n) is 3.83. The largest absolute Gasteiger partial charge is 0.384 e. The fourth-order valence-corrected chi connectivity index (χ4v) is 3.83. The molecule has 1 atom stereocenters. The van der Waals surface area contributed by atoms with Crippen molar-refractivity contribution in [2.75, 3.05) is 39.5 Å². The van der Waals surface area contributed by atoms with Gasteiger partial charge in [-0.15, -0.1) is 0 Å². The maximum Gasteiger partial charge on any atom is 0.272 e. The Balaban J connectivity index is 1.70. The van der Waals surface area contributed by atoms with Gasteiger partial charge in [0.15, 0.2) is 0 Å². The van der Waals surface area contributed by atoms with Crippen LogP contribution >= 0.6 is 0 Å². The maximum absolute atomic E-state index is 12.7. The Bertz CT molecular complexity index is 640. The summed E-state index contributed by atoms with van der Waals surface area (Å²) in [6.45, 7) is 1.73. The number of nitrogens with zero attached hydrogens (tertiary/aromatic N) is 3. The minimum Gasteiger partial charge on any atom is -0.384 e. The number of methoxy groups -OCH3 is 1. The first-order chi connectivity index (χ1) is 11.4. The number of piperidine rings is 2. The van der Waals surface area contributed by atoms with Crippen molar-refractivity contribution in [3.63, 3.8) is 0 Å². The minimum absolute atomic E-state index is 0.0607. The number of pyridine rings is 1. The van der Waals surface area contributed by atoms with Crippen LogP contribution in [-0.2, 0) is 9.53 Å². The molecule has 2 N–H and O–H groups in total. The average Bonchev–Trinajstić information content (AvgIpc) is 2.59. The zero-order chi connectivity index (χ0) is 17.3. The first kappa shape index (κ1) is 16.7. The van der Waals surface area contributed by atoms with E-state index in [0.29, 0.717) is 44.0 Å². The molecule has 2 saturated heterocycles. The predicted octanol–water partition coefficient (Wildman–Crippen LogP) is 0.763. The number of carbonyl (C=O) groups is 2. The summed E-state index contributed by atoms with van der Waals surface area (Å²) in [7, 11) is 3.51. The molecule has 0 aliphatic carbocycles. The molecule has 1 unspecified atom stereocenters. The Morgan fingerprint density at radius 2 is 2.08 bits per heavy atom. The number of hydrogen-bond acceptors (Lipinski definition) is 5. The molecule has 130 valence electrons. The molecule has 1 spiro atoms. The van der Waals surface area contributed by atoms with Crippen LogP contribution in [0.2, 0.25) is 0 Å². The lowest BCUT2D eigenvalue weighted by molar-refractivity contribution is -0.155. The van der Waals surface area contributed by atoms with Gasteiger partial charge in [-0.3, -0.25) is 9.59 Å². The number of likely N-dealkylation sites (N-methyl/N-ethyl adjacent to an activating group) is 1. The van der Waals surface area contributed by atoms with Crippen LogP contribution in [0.1, 0.15) is 29.8 Å². The molecule has 7 nitrogen and oxygen atoms in total. The molecule has 1 aromatic rings. The Hall–Kier alpha value is -2.15. The van der Waals surface area contributed by atoms with E-state index in [1.165, 1.54) is 0 Å². The predicted molar refractivity (Wildman–Crippen MR) is 89.3 cm³/mol. The van der Waals surface area contributed by atoms with Gasteiger partial charge in [-0.1, -0.05) is 6.07 Å². The van der Waals surface area contributed by atoms with E-state index in [9.17, 15) is 9.59 Å². The number of anilines is 1. The second-order valence-corrected chi connectivity index (χ2v) is 6.77. The molecule has 3 heterocycles. The third-order valence-electron chi connectivity index (χ3n) is 5.23. The summed E-state index contributed by atoms with van der Waals surface area (Å²) in [5.74, 6) is 0.378. The van der Waals surface area contributed by atoms with Crippen molar-refractivity contribution in [3.05, 3.63) is 23.9 Å². The van der Waals surface area contributed by atoms with E-state index in [-0.39, 0.29) is 17.9 Å². The molecule has 0 bridgehead atoms. The highest BCUT2D eigenvalue weighted by Crippen LogP contribution is 2.41. The average molecular weight is 332 g/mol. The standard InChI is InChI=1S/C17H24N4O3/c1-20-11-12(24-2)10-17(16(20)23)6-8-21(9-7-17)15(22)13-4-3-5-14(18)19-13/h3-5,12H,6-11H2,1-2H3,(H2,18,19). The van der Waals surface area contributed by atoms with Gasteiger partial charge in [-0.25, -0.2) is 4.98 Å². The lowest BCUT2D eigenvalue weighted by atomic mass is 9.71. The summed E-state index contributed by atoms with van der Waals surface area (Å²) in [6.07, 6.45) is 2.10. The summed E-state index contributed by atoms with van der Waals surface area (Å²) in [6, 6.07) is 5.05. The normalized spacial score (nSPS) is 23.6. The van der Waals surface area contributed by atoms with E-state index in [2.05, 4.69) is 4.98 Å². The van der Waals surface area contributed by atoms with Crippen molar-refractivity contribution in [1.82, 2.24) is 14.8 Å². The molecule has 0 saturated carbocycles. The minimum atomic E-state index is -0.409. The van der Waals surface area contributed by atoms with E-state index in [1.54, 1.807) is 35.1 Å². The lowest BCUT2D eigenvalue weighted by Crippen LogP contribution is -2.57.